The van der Waals surface area contributed by atoms with E-state index in [1.165, 1.54) is 18.2 Å². The Labute approximate surface area is 159 Å². The van der Waals surface area contributed by atoms with Crippen molar-refractivity contribution in [2.24, 2.45) is 5.10 Å². The van der Waals surface area contributed by atoms with Gasteiger partial charge < -0.3 is 5.32 Å². The molecule has 0 aliphatic heterocycles. The summed E-state index contributed by atoms with van der Waals surface area (Å²) in [6.07, 6.45) is 1.11. The third kappa shape index (κ3) is 4.48. The molecule has 0 fully saturated rings. The van der Waals surface area contributed by atoms with Crippen LogP contribution in [0.4, 0.5) is 4.39 Å². The number of nitrogens with one attached hydrogen (secondary N) is 2. The molecule has 3 rings (SSSR count). The molecule has 27 heavy (non-hydrogen) atoms. The third-order valence-electron chi connectivity index (χ3n) is 3.83. The molecule has 0 aliphatic carbocycles. The van der Waals surface area contributed by atoms with Crippen LogP contribution in [0.3, 0.4) is 0 Å². The van der Waals surface area contributed by atoms with Crippen LogP contribution in [-0.4, -0.2) is 24.6 Å². The van der Waals surface area contributed by atoms with Crippen molar-refractivity contribution in [3.63, 3.8) is 0 Å². The molecule has 136 valence electrons. The number of carbonyl (C=O) groups is 2. The van der Waals surface area contributed by atoms with Crippen molar-refractivity contribution < 1.29 is 14.0 Å². The van der Waals surface area contributed by atoms with E-state index < -0.39 is 11.7 Å². The molecule has 0 aliphatic rings. The second-order valence-electron chi connectivity index (χ2n) is 5.64. The van der Waals surface area contributed by atoms with Crippen molar-refractivity contribution in [2.45, 2.75) is 0 Å². The van der Waals surface area contributed by atoms with Crippen molar-refractivity contribution >= 4 is 40.4 Å². The van der Waals surface area contributed by atoms with Gasteiger partial charge in [-0.15, -0.1) is 0 Å². The van der Waals surface area contributed by atoms with Gasteiger partial charge in [-0.2, -0.15) is 5.10 Å². The average molecular weight is 384 g/mol. The zero-order chi connectivity index (χ0) is 19.2. The number of nitrogens with zero attached hydrogens (tertiary/aromatic N) is 1. The van der Waals surface area contributed by atoms with Crippen molar-refractivity contribution in [3.8, 4) is 0 Å². The standard InChI is InChI=1S/C20H15ClFN3O2/c21-17-9-4-10-18(22)16(17)11-24-25-19(26)12-23-20(27)15-8-3-6-13-5-1-2-7-14(13)15/h1-11H,12H2,(H,23,27)(H,25,26)/b24-11+. The van der Waals surface area contributed by atoms with Gasteiger partial charge in [0.15, 0.2) is 0 Å². The minimum absolute atomic E-state index is 0.0688. The fourth-order valence-electron chi connectivity index (χ4n) is 2.52. The molecule has 0 bridgehead atoms. The Morgan fingerprint density at radius 3 is 2.59 bits per heavy atom. The normalized spacial score (nSPS) is 10.9. The van der Waals surface area contributed by atoms with Gasteiger partial charge in [0.2, 0.25) is 0 Å². The van der Waals surface area contributed by atoms with E-state index in [2.05, 4.69) is 15.8 Å². The van der Waals surface area contributed by atoms with Crippen LogP contribution in [0, 0.1) is 5.82 Å². The van der Waals surface area contributed by atoms with E-state index in [0.29, 0.717) is 5.56 Å². The molecule has 3 aromatic carbocycles. The van der Waals surface area contributed by atoms with E-state index in [4.69, 9.17) is 11.6 Å². The molecule has 3 aromatic rings. The Morgan fingerprint density at radius 2 is 1.78 bits per heavy atom. The summed E-state index contributed by atoms with van der Waals surface area (Å²) < 4.78 is 13.6. The predicted octanol–water partition coefficient (Wildman–Crippen LogP) is 3.51. The van der Waals surface area contributed by atoms with Crippen molar-refractivity contribution in [1.82, 2.24) is 10.7 Å². The smallest absolute Gasteiger partial charge is 0.259 e. The summed E-state index contributed by atoms with van der Waals surface area (Å²) in [7, 11) is 0. The molecule has 2 N–H and O–H groups in total. The first-order chi connectivity index (χ1) is 13.1. The first kappa shape index (κ1) is 18.5. The summed E-state index contributed by atoms with van der Waals surface area (Å²) >= 11 is 5.86. The average Bonchev–Trinajstić information content (AvgIpc) is 2.68. The lowest BCUT2D eigenvalue weighted by Crippen LogP contribution is -2.35. The number of carbonyl (C=O) groups excluding carboxylic acids is 2. The Kier molecular flexibility index (Phi) is 5.78. The van der Waals surface area contributed by atoms with Gasteiger partial charge in [-0.05, 0) is 29.0 Å². The number of fused-ring (bicyclic) bond motifs is 1. The van der Waals surface area contributed by atoms with Gasteiger partial charge >= 0.3 is 0 Å². The topological polar surface area (TPSA) is 70.6 Å². The van der Waals surface area contributed by atoms with Crippen LogP contribution in [0.2, 0.25) is 5.02 Å². The van der Waals surface area contributed by atoms with Gasteiger partial charge in [0.1, 0.15) is 5.82 Å². The minimum atomic E-state index is -0.551. The summed E-state index contributed by atoms with van der Waals surface area (Å²) in [4.78, 5) is 24.2. The summed E-state index contributed by atoms with van der Waals surface area (Å²) in [6, 6.07) is 17.1. The summed E-state index contributed by atoms with van der Waals surface area (Å²) in [5.41, 5.74) is 2.76. The van der Waals surface area contributed by atoms with Crippen molar-refractivity contribution in [2.75, 3.05) is 6.54 Å². The molecule has 0 heterocycles. The maximum atomic E-state index is 13.6. The van der Waals surface area contributed by atoms with Crippen molar-refractivity contribution in [3.05, 3.63) is 82.6 Å². The van der Waals surface area contributed by atoms with Gasteiger partial charge in [-0.25, -0.2) is 9.82 Å². The largest absolute Gasteiger partial charge is 0.343 e. The molecule has 5 nitrogen and oxygen atoms in total. The van der Waals surface area contributed by atoms with E-state index in [1.807, 2.05) is 30.3 Å². The number of hydrogen-bond acceptors (Lipinski definition) is 3. The lowest BCUT2D eigenvalue weighted by molar-refractivity contribution is -0.120. The number of rotatable bonds is 5. The molecule has 0 saturated carbocycles. The summed E-state index contributed by atoms with van der Waals surface area (Å²) in [5.74, 6) is -1.47. The minimum Gasteiger partial charge on any atom is -0.343 e. The summed E-state index contributed by atoms with van der Waals surface area (Å²) in [6.45, 7) is -0.273. The van der Waals surface area contributed by atoms with Gasteiger partial charge in [0.05, 0.1) is 17.8 Å². The zero-order valence-electron chi connectivity index (χ0n) is 14.1. The van der Waals surface area contributed by atoms with Gasteiger partial charge in [-0.1, -0.05) is 54.1 Å². The SMILES string of the molecule is O=C(CNC(=O)c1cccc2ccccc12)N/N=C/c1c(F)cccc1Cl. The molecule has 0 unspecified atom stereocenters. The van der Waals surface area contributed by atoms with E-state index in [1.54, 1.807) is 12.1 Å². The van der Waals surface area contributed by atoms with Gasteiger partial charge in [-0.3, -0.25) is 9.59 Å². The highest BCUT2D eigenvalue weighted by Gasteiger charge is 2.11. The lowest BCUT2D eigenvalue weighted by atomic mass is 10.0. The molecule has 0 saturated heterocycles. The molecule has 0 spiro atoms. The fraction of sp³-hybridized carbons (Fsp3) is 0.0500. The number of hydrogen-bond donors (Lipinski definition) is 2. The molecule has 0 atom stereocenters. The van der Waals surface area contributed by atoms with Gasteiger partial charge in [0, 0.05) is 11.1 Å². The van der Waals surface area contributed by atoms with Crippen LogP contribution in [0.25, 0.3) is 10.8 Å². The number of hydrazone groups is 1. The third-order valence-corrected chi connectivity index (χ3v) is 4.16. The molecule has 7 heteroatoms. The van der Waals surface area contributed by atoms with E-state index in [9.17, 15) is 14.0 Å². The number of benzene rings is 3. The first-order valence-corrected chi connectivity index (χ1v) is 8.46. The lowest BCUT2D eigenvalue weighted by Gasteiger charge is -2.07. The quantitative estimate of drug-likeness (QED) is 0.523. The van der Waals surface area contributed by atoms with E-state index in [-0.39, 0.29) is 23.0 Å². The second-order valence-corrected chi connectivity index (χ2v) is 6.05. The molecular weight excluding hydrogens is 369 g/mol. The highest BCUT2D eigenvalue weighted by Crippen LogP contribution is 2.18. The second kappa shape index (κ2) is 8.42. The molecular formula is C20H15ClFN3O2. The maximum absolute atomic E-state index is 13.6. The van der Waals surface area contributed by atoms with E-state index in [0.717, 1.165) is 17.0 Å². The number of amides is 2. The maximum Gasteiger partial charge on any atom is 0.259 e. The van der Waals surface area contributed by atoms with Crippen LogP contribution in [0.5, 0.6) is 0 Å². The Hall–Kier alpha value is -3.25. The molecule has 0 radical (unpaired) electrons. The van der Waals surface area contributed by atoms with Crippen molar-refractivity contribution in [1.29, 1.82) is 0 Å². The predicted molar refractivity (Wildman–Crippen MR) is 103 cm³/mol. The Bertz CT molecular complexity index is 1010. The van der Waals surface area contributed by atoms with Crippen LogP contribution in [0.1, 0.15) is 15.9 Å². The fourth-order valence-corrected chi connectivity index (χ4v) is 2.73. The number of halogens is 2. The highest BCUT2D eigenvalue weighted by atomic mass is 35.5. The summed E-state index contributed by atoms with van der Waals surface area (Å²) in [5, 5.41) is 8.11. The zero-order valence-corrected chi connectivity index (χ0v) is 14.8. The van der Waals surface area contributed by atoms with Crippen LogP contribution in [0.15, 0.2) is 65.8 Å². The first-order valence-electron chi connectivity index (χ1n) is 8.08. The van der Waals surface area contributed by atoms with Gasteiger partial charge in [0.25, 0.3) is 11.8 Å². The Balaban J connectivity index is 1.59. The molecule has 2 amide bonds. The van der Waals surface area contributed by atoms with Crippen LogP contribution in [-0.2, 0) is 4.79 Å². The molecule has 0 aromatic heterocycles. The van der Waals surface area contributed by atoms with E-state index >= 15 is 0 Å². The van der Waals surface area contributed by atoms with Crippen LogP contribution < -0.4 is 10.7 Å². The van der Waals surface area contributed by atoms with Crippen LogP contribution >= 0.6 is 11.6 Å². The Morgan fingerprint density at radius 1 is 1.04 bits per heavy atom. The highest BCUT2D eigenvalue weighted by molar-refractivity contribution is 6.33. The monoisotopic (exact) mass is 383 g/mol.